The number of rotatable bonds is 5. The molecule has 1 N–H and O–H groups in total. The summed E-state index contributed by atoms with van der Waals surface area (Å²) < 4.78 is 8.09. The van der Waals surface area contributed by atoms with E-state index in [9.17, 15) is 0 Å². The van der Waals surface area contributed by atoms with Gasteiger partial charge >= 0.3 is 0 Å². The molecule has 5 heteroatoms. The van der Waals surface area contributed by atoms with Crippen LogP contribution in [-0.2, 0) is 11.2 Å². The van der Waals surface area contributed by atoms with Crippen molar-refractivity contribution in [2.75, 3.05) is 13.2 Å². The number of imidazole rings is 1. The number of likely N-dealkylation sites (N-methyl/N-ethyl adjacent to an activating group) is 1. The number of hydrogen-bond acceptors (Lipinski definition) is 4. The molecule has 0 amide bonds. The number of nitrogens with zero attached hydrogens (tertiary/aromatic N) is 2. The zero-order valence-corrected chi connectivity index (χ0v) is 12.4. The molecule has 104 valence electrons. The first-order chi connectivity index (χ1) is 9.21. The fraction of sp³-hybridized carbons (Fsp3) is 0.643. The highest BCUT2D eigenvalue weighted by Crippen LogP contribution is 2.30. The van der Waals surface area contributed by atoms with Gasteiger partial charge in [0.1, 0.15) is 0 Å². The Bertz CT molecular complexity index is 513. The molecule has 0 aromatic carbocycles. The fourth-order valence-corrected chi connectivity index (χ4v) is 3.63. The Hall–Kier alpha value is -0.910. The molecule has 3 rings (SSSR count). The van der Waals surface area contributed by atoms with E-state index in [0.717, 1.165) is 43.1 Å². The fourth-order valence-electron chi connectivity index (χ4n) is 2.91. The number of nitrogens with one attached hydrogen (secondary N) is 1. The van der Waals surface area contributed by atoms with Gasteiger partial charge in [0.15, 0.2) is 4.96 Å². The number of aromatic nitrogens is 2. The monoisotopic (exact) mass is 279 g/mol. The Balaban J connectivity index is 1.78. The Kier molecular flexibility index (Phi) is 3.60. The van der Waals surface area contributed by atoms with E-state index < -0.39 is 0 Å². The molecule has 19 heavy (non-hydrogen) atoms. The summed E-state index contributed by atoms with van der Waals surface area (Å²) in [5, 5.41) is 5.64. The van der Waals surface area contributed by atoms with E-state index >= 15 is 0 Å². The van der Waals surface area contributed by atoms with E-state index in [4.69, 9.17) is 4.74 Å². The summed E-state index contributed by atoms with van der Waals surface area (Å²) in [6.45, 7) is 6.23. The van der Waals surface area contributed by atoms with Crippen molar-refractivity contribution in [2.24, 2.45) is 0 Å². The maximum atomic E-state index is 5.99. The van der Waals surface area contributed by atoms with E-state index in [0.29, 0.717) is 6.04 Å². The minimum absolute atomic E-state index is 0.0486. The summed E-state index contributed by atoms with van der Waals surface area (Å²) in [5.74, 6) is 0. The summed E-state index contributed by atoms with van der Waals surface area (Å²) in [6, 6.07) is 0.338. The van der Waals surface area contributed by atoms with Gasteiger partial charge in [0.25, 0.3) is 0 Å². The van der Waals surface area contributed by atoms with Gasteiger partial charge in [-0.25, -0.2) is 4.98 Å². The molecule has 2 atom stereocenters. The second-order valence-corrected chi connectivity index (χ2v) is 6.28. The molecule has 4 nitrogen and oxygen atoms in total. The van der Waals surface area contributed by atoms with Gasteiger partial charge in [0.05, 0.1) is 11.3 Å². The lowest BCUT2D eigenvalue weighted by atomic mass is 9.90. The van der Waals surface area contributed by atoms with Crippen LogP contribution in [0.15, 0.2) is 17.8 Å². The normalized spacial score (nSPS) is 25.2. The molecule has 0 aliphatic carbocycles. The summed E-state index contributed by atoms with van der Waals surface area (Å²) in [6.07, 6.45) is 7.42. The molecule has 2 unspecified atom stereocenters. The van der Waals surface area contributed by atoms with Crippen molar-refractivity contribution in [3.05, 3.63) is 23.5 Å². The Labute approximate surface area is 117 Å². The molecule has 0 bridgehead atoms. The van der Waals surface area contributed by atoms with Gasteiger partial charge in [-0.2, -0.15) is 0 Å². The van der Waals surface area contributed by atoms with E-state index in [-0.39, 0.29) is 5.60 Å². The molecule has 1 saturated heterocycles. The Morgan fingerprint density at radius 1 is 1.63 bits per heavy atom. The van der Waals surface area contributed by atoms with Crippen LogP contribution in [0, 0.1) is 0 Å². The highest BCUT2D eigenvalue weighted by atomic mass is 32.1. The first-order valence-corrected chi connectivity index (χ1v) is 7.87. The predicted molar refractivity (Wildman–Crippen MR) is 77.8 cm³/mol. The maximum absolute atomic E-state index is 5.99. The summed E-state index contributed by atoms with van der Waals surface area (Å²) in [5.41, 5.74) is 1.10. The number of hydrogen-bond donors (Lipinski definition) is 1. The van der Waals surface area contributed by atoms with Gasteiger partial charge in [0, 0.05) is 36.8 Å². The highest BCUT2D eigenvalue weighted by molar-refractivity contribution is 7.15. The highest BCUT2D eigenvalue weighted by Gasteiger charge is 2.38. The van der Waals surface area contributed by atoms with Crippen LogP contribution in [-0.4, -0.2) is 34.2 Å². The Morgan fingerprint density at radius 2 is 2.53 bits per heavy atom. The van der Waals surface area contributed by atoms with Gasteiger partial charge < -0.3 is 10.1 Å². The summed E-state index contributed by atoms with van der Waals surface area (Å²) >= 11 is 1.68. The van der Waals surface area contributed by atoms with Crippen LogP contribution in [0.1, 0.15) is 32.4 Å². The van der Waals surface area contributed by atoms with E-state index in [1.54, 1.807) is 11.3 Å². The molecule has 3 heterocycles. The third kappa shape index (κ3) is 2.55. The van der Waals surface area contributed by atoms with Crippen molar-refractivity contribution in [3.63, 3.8) is 0 Å². The average molecular weight is 279 g/mol. The standard InChI is InChI=1S/C14H21N3OS/c1-3-15-12(14(2)5-4-7-18-14)9-11-10-17-6-8-19-13(17)16-11/h6,8,10,12,15H,3-5,7,9H2,1-2H3. The molecule has 1 aliphatic heterocycles. The third-order valence-electron chi connectivity index (χ3n) is 3.99. The minimum Gasteiger partial charge on any atom is -0.374 e. The van der Waals surface area contributed by atoms with Crippen molar-refractivity contribution < 1.29 is 4.74 Å². The molecule has 2 aromatic heterocycles. The van der Waals surface area contributed by atoms with E-state index in [1.807, 2.05) is 0 Å². The van der Waals surface area contributed by atoms with Crippen LogP contribution in [0.2, 0.25) is 0 Å². The van der Waals surface area contributed by atoms with Crippen molar-refractivity contribution in [3.8, 4) is 0 Å². The van der Waals surface area contributed by atoms with Crippen molar-refractivity contribution in [2.45, 2.75) is 44.8 Å². The SMILES string of the molecule is CCNC(Cc1cn2ccsc2n1)C1(C)CCCO1. The molecule has 1 fully saturated rings. The van der Waals surface area contributed by atoms with Crippen LogP contribution in [0.4, 0.5) is 0 Å². The molecular weight excluding hydrogens is 258 g/mol. The van der Waals surface area contributed by atoms with E-state index in [1.165, 1.54) is 0 Å². The lowest BCUT2D eigenvalue weighted by Crippen LogP contribution is -2.49. The first kappa shape index (κ1) is 13.1. The van der Waals surface area contributed by atoms with Crippen LogP contribution in [0.25, 0.3) is 4.96 Å². The molecule has 0 saturated carbocycles. The van der Waals surface area contributed by atoms with Gasteiger partial charge in [-0.15, -0.1) is 11.3 Å². The number of ether oxygens (including phenoxy) is 1. The first-order valence-electron chi connectivity index (χ1n) is 7.00. The van der Waals surface area contributed by atoms with Crippen LogP contribution in [0.3, 0.4) is 0 Å². The van der Waals surface area contributed by atoms with Crippen molar-refractivity contribution in [1.29, 1.82) is 0 Å². The molecule has 0 spiro atoms. The van der Waals surface area contributed by atoms with Crippen molar-refractivity contribution in [1.82, 2.24) is 14.7 Å². The third-order valence-corrected chi connectivity index (χ3v) is 4.76. The lowest BCUT2D eigenvalue weighted by molar-refractivity contribution is -0.0112. The van der Waals surface area contributed by atoms with Crippen LogP contribution in [0.5, 0.6) is 0 Å². The summed E-state index contributed by atoms with van der Waals surface area (Å²) in [7, 11) is 0. The van der Waals surface area contributed by atoms with Crippen molar-refractivity contribution >= 4 is 16.3 Å². The van der Waals surface area contributed by atoms with Gasteiger partial charge in [0.2, 0.25) is 0 Å². The average Bonchev–Trinajstić information content (AvgIpc) is 3.04. The number of thiazole rings is 1. The zero-order valence-electron chi connectivity index (χ0n) is 11.6. The Morgan fingerprint density at radius 3 is 3.21 bits per heavy atom. The lowest BCUT2D eigenvalue weighted by Gasteiger charge is -2.33. The summed E-state index contributed by atoms with van der Waals surface area (Å²) in [4.78, 5) is 5.76. The van der Waals surface area contributed by atoms with Gasteiger partial charge in [-0.05, 0) is 26.3 Å². The largest absolute Gasteiger partial charge is 0.374 e. The van der Waals surface area contributed by atoms with Crippen LogP contribution >= 0.6 is 11.3 Å². The molecule has 1 aliphatic rings. The van der Waals surface area contributed by atoms with Gasteiger partial charge in [-0.1, -0.05) is 6.92 Å². The zero-order chi connectivity index (χ0) is 13.3. The quantitative estimate of drug-likeness (QED) is 0.914. The van der Waals surface area contributed by atoms with E-state index in [2.05, 4.69) is 46.3 Å². The minimum atomic E-state index is -0.0486. The van der Waals surface area contributed by atoms with Crippen LogP contribution < -0.4 is 5.32 Å². The smallest absolute Gasteiger partial charge is 0.193 e. The second kappa shape index (κ2) is 5.23. The molecule has 2 aromatic rings. The van der Waals surface area contributed by atoms with Gasteiger partial charge in [-0.3, -0.25) is 4.40 Å². The number of fused-ring (bicyclic) bond motifs is 1. The molecular formula is C14H21N3OS. The topological polar surface area (TPSA) is 38.6 Å². The molecule has 0 radical (unpaired) electrons. The predicted octanol–water partition coefficient (Wildman–Crippen LogP) is 2.49. The second-order valence-electron chi connectivity index (χ2n) is 5.40. The maximum Gasteiger partial charge on any atom is 0.193 e.